The van der Waals surface area contributed by atoms with Gasteiger partial charge in [-0.15, -0.1) is 0 Å². The average molecular weight is 625 g/mol. The lowest BCUT2D eigenvalue weighted by Crippen LogP contribution is -2.10. The van der Waals surface area contributed by atoms with Crippen molar-refractivity contribution in [3.05, 3.63) is 145 Å². The third kappa shape index (κ3) is 5.04. The Kier molecular flexibility index (Phi) is 6.96. The lowest BCUT2D eigenvalue weighted by atomic mass is 9.86. The van der Waals surface area contributed by atoms with Gasteiger partial charge in [-0.25, -0.2) is 0 Å². The van der Waals surface area contributed by atoms with Crippen molar-refractivity contribution in [2.75, 3.05) is 0 Å². The molecule has 0 N–H and O–H groups in total. The molecule has 0 bridgehead atoms. The second kappa shape index (κ2) is 11.1. The molecular formula is C46H40O2. The minimum atomic E-state index is 0.0742. The van der Waals surface area contributed by atoms with Crippen LogP contribution in [-0.4, -0.2) is 0 Å². The van der Waals surface area contributed by atoms with E-state index in [-0.39, 0.29) is 10.8 Å². The highest BCUT2D eigenvalue weighted by molar-refractivity contribution is 6.24. The van der Waals surface area contributed by atoms with Gasteiger partial charge in [-0.3, -0.25) is 0 Å². The molecule has 0 atom stereocenters. The van der Waals surface area contributed by atoms with Crippen molar-refractivity contribution >= 4 is 32.7 Å². The fourth-order valence-corrected chi connectivity index (χ4v) is 7.01. The van der Waals surface area contributed by atoms with Crippen LogP contribution in [0.3, 0.4) is 0 Å². The maximum absolute atomic E-state index is 6.79. The number of hydrogen-bond acceptors (Lipinski definition) is 2. The molecule has 236 valence electrons. The van der Waals surface area contributed by atoms with Gasteiger partial charge in [-0.2, -0.15) is 0 Å². The molecule has 0 aliphatic rings. The molecule has 48 heavy (non-hydrogen) atoms. The third-order valence-electron chi connectivity index (χ3n) is 9.65. The van der Waals surface area contributed by atoms with Crippen LogP contribution < -0.4 is 0 Å². The van der Waals surface area contributed by atoms with Crippen LogP contribution in [0.4, 0.5) is 0 Å². The van der Waals surface area contributed by atoms with Gasteiger partial charge in [0.2, 0.25) is 0 Å². The lowest BCUT2D eigenvalue weighted by Gasteiger charge is -2.19. The normalized spacial score (nSPS) is 12.4. The first-order valence-electron chi connectivity index (χ1n) is 16.9. The summed E-state index contributed by atoms with van der Waals surface area (Å²) in [5.74, 6) is 1.78. The van der Waals surface area contributed by atoms with Gasteiger partial charge in [-0.05, 0) is 68.1 Å². The molecule has 0 saturated heterocycles. The van der Waals surface area contributed by atoms with E-state index in [0.717, 1.165) is 77.6 Å². The van der Waals surface area contributed by atoms with Crippen molar-refractivity contribution in [1.82, 2.24) is 0 Å². The van der Waals surface area contributed by atoms with Crippen molar-refractivity contribution in [3.63, 3.8) is 0 Å². The fourth-order valence-electron chi connectivity index (χ4n) is 7.01. The van der Waals surface area contributed by atoms with Crippen molar-refractivity contribution in [1.29, 1.82) is 0 Å². The molecule has 0 aliphatic heterocycles. The van der Waals surface area contributed by atoms with E-state index >= 15 is 0 Å². The number of furan rings is 2. The summed E-state index contributed by atoms with van der Waals surface area (Å²) in [6, 6.07) is 47.7. The number of rotatable bonds is 4. The average Bonchev–Trinajstić information content (AvgIpc) is 3.68. The Bertz CT molecular complexity index is 2230. The standard InChI is InChI=1S/C46H40O2/c1-45(2,3)33-21-17-31(18-22-33)43-39(29-13-9-7-10-14-29)41-35-26-28-38-42(36(35)25-27-37(41)47-43)40(30-15-11-8-12-16-30)44(48-38)32-19-23-34(24-20-32)46(4,5)6/h7-28H,1-6H3. The van der Waals surface area contributed by atoms with Crippen molar-refractivity contribution in [2.45, 2.75) is 52.4 Å². The predicted octanol–water partition coefficient (Wildman–Crippen LogP) is 13.6. The van der Waals surface area contributed by atoms with E-state index in [1.54, 1.807) is 0 Å². The van der Waals surface area contributed by atoms with Crippen LogP contribution >= 0.6 is 0 Å². The Hall–Kier alpha value is -5.34. The molecule has 0 radical (unpaired) electrons. The van der Waals surface area contributed by atoms with Crippen LogP contribution in [0.5, 0.6) is 0 Å². The Morgan fingerprint density at radius 1 is 0.354 bits per heavy atom. The number of benzene rings is 6. The highest BCUT2D eigenvalue weighted by Crippen LogP contribution is 2.49. The minimum Gasteiger partial charge on any atom is -0.455 e. The maximum atomic E-state index is 6.79. The molecule has 2 aromatic heterocycles. The van der Waals surface area contributed by atoms with E-state index in [9.17, 15) is 0 Å². The molecule has 2 heteroatoms. The van der Waals surface area contributed by atoms with Crippen LogP contribution in [0.2, 0.25) is 0 Å². The summed E-state index contributed by atoms with van der Waals surface area (Å²) in [6.45, 7) is 13.5. The summed E-state index contributed by atoms with van der Waals surface area (Å²) in [5.41, 5.74) is 11.1. The zero-order chi connectivity index (χ0) is 33.2. The van der Waals surface area contributed by atoms with Gasteiger partial charge >= 0.3 is 0 Å². The molecule has 8 aromatic rings. The summed E-state index contributed by atoms with van der Waals surface area (Å²) in [7, 11) is 0. The molecule has 0 unspecified atom stereocenters. The maximum Gasteiger partial charge on any atom is 0.143 e. The summed E-state index contributed by atoms with van der Waals surface area (Å²) in [6.07, 6.45) is 0. The van der Waals surface area contributed by atoms with Crippen LogP contribution in [0.25, 0.3) is 77.6 Å². The summed E-state index contributed by atoms with van der Waals surface area (Å²) in [5, 5.41) is 4.53. The molecule has 0 fully saturated rings. The SMILES string of the molecule is CC(C)(C)c1ccc(-c2oc3ccc4c(ccc5oc(-c6ccc(C(C)(C)C)cc6)c(-c6ccccc6)c54)c3c2-c2ccccc2)cc1. The van der Waals surface area contributed by atoms with Crippen LogP contribution in [0.1, 0.15) is 52.7 Å². The number of fused-ring (bicyclic) bond motifs is 5. The van der Waals surface area contributed by atoms with Gasteiger partial charge in [0.25, 0.3) is 0 Å². The first-order chi connectivity index (χ1) is 23.1. The van der Waals surface area contributed by atoms with E-state index < -0.39 is 0 Å². The highest BCUT2D eigenvalue weighted by Gasteiger charge is 2.25. The van der Waals surface area contributed by atoms with E-state index in [1.807, 2.05) is 0 Å². The topological polar surface area (TPSA) is 26.3 Å². The van der Waals surface area contributed by atoms with E-state index in [0.29, 0.717) is 0 Å². The van der Waals surface area contributed by atoms with Crippen molar-refractivity contribution < 1.29 is 8.83 Å². The quantitative estimate of drug-likeness (QED) is 0.195. The Balaban J connectivity index is 1.42. The van der Waals surface area contributed by atoms with Gasteiger partial charge in [0.05, 0.1) is 0 Å². The molecule has 0 amide bonds. The van der Waals surface area contributed by atoms with Gasteiger partial charge in [0.1, 0.15) is 22.7 Å². The van der Waals surface area contributed by atoms with Gasteiger partial charge in [0, 0.05) is 33.0 Å². The predicted molar refractivity (Wildman–Crippen MR) is 203 cm³/mol. The highest BCUT2D eigenvalue weighted by atomic mass is 16.3. The smallest absolute Gasteiger partial charge is 0.143 e. The molecule has 0 aliphatic carbocycles. The monoisotopic (exact) mass is 624 g/mol. The van der Waals surface area contributed by atoms with Crippen molar-refractivity contribution in [3.8, 4) is 44.9 Å². The zero-order valence-electron chi connectivity index (χ0n) is 28.5. The molecule has 2 nitrogen and oxygen atoms in total. The van der Waals surface area contributed by atoms with Crippen LogP contribution in [0, 0.1) is 0 Å². The molecule has 0 saturated carbocycles. The fraction of sp³-hybridized carbons (Fsp3) is 0.174. The van der Waals surface area contributed by atoms with Crippen LogP contribution in [-0.2, 0) is 10.8 Å². The van der Waals surface area contributed by atoms with Gasteiger partial charge < -0.3 is 8.83 Å². The molecular weight excluding hydrogens is 585 g/mol. The second-order valence-corrected chi connectivity index (χ2v) is 15.0. The zero-order valence-corrected chi connectivity index (χ0v) is 28.5. The Labute approximate surface area is 282 Å². The summed E-state index contributed by atoms with van der Waals surface area (Å²) >= 11 is 0. The first-order valence-corrected chi connectivity index (χ1v) is 16.9. The van der Waals surface area contributed by atoms with Gasteiger partial charge in [0.15, 0.2) is 0 Å². The molecule has 0 spiro atoms. The van der Waals surface area contributed by atoms with E-state index in [4.69, 9.17) is 8.83 Å². The summed E-state index contributed by atoms with van der Waals surface area (Å²) in [4.78, 5) is 0. The molecule has 2 heterocycles. The Morgan fingerprint density at radius 2 is 0.708 bits per heavy atom. The second-order valence-electron chi connectivity index (χ2n) is 15.0. The first kappa shape index (κ1) is 30.0. The minimum absolute atomic E-state index is 0.0742. The van der Waals surface area contributed by atoms with E-state index in [1.165, 1.54) is 11.1 Å². The Morgan fingerprint density at radius 3 is 1.04 bits per heavy atom. The molecule has 6 aromatic carbocycles. The molecule has 8 rings (SSSR count). The summed E-state index contributed by atoms with van der Waals surface area (Å²) < 4.78 is 13.6. The lowest BCUT2D eigenvalue weighted by molar-refractivity contribution is 0.589. The van der Waals surface area contributed by atoms with Crippen LogP contribution in [0.15, 0.2) is 142 Å². The number of hydrogen-bond donors (Lipinski definition) is 0. The largest absolute Gasteiger partial charge is 0.455 e. The van der Waals surface area contributed by atoms with E-state index in [2.05, 4.69) is 175 Å². The van der Waals surface area contributed by atoms with Gasteiger partial charge in [-0.1, -0.05) is 151 Å². The van der Waals surface area contributed by atoms with Crippen molar-refractivity contribution in [2.24, 2.45) is 0 Å². The third-order valence-corrected chi connectivity index (χ3v) is 9.65.